The van der Waals surface area contributed by atoms with Crippen molar-refractivity contribution in [1.29, 1.82) is 5.26 Å². The van der Waals surface area contributed by atoms with Crippen LogP contribution in [0.4, 0.5) is 4.79 Å². The van der Waals surface area contributed by atoms with Gasteiger partial charge in [0.05, 0.1) is 11.5 Å². The highest BCUT2D eigenvalue weighted by Crippen LogP contribution is 2.17. The minimum atomic E-state index is -0.493. The van der Waals surface area contributed by atoms with Gasteiger partial charge in [0.2, 0.25) is 0 Å². The second kappa shape index (κ2) is 5.01. The zero-order chi connectivity index (χ0) is 11.3. The van der Waals surface area contributed by atoms with E-state index in [1.807, 2.05) is 13.8 Å². The van der Waals surface area contributed by atoms with E-state index in [0.717, 1.165) is 12.8 Å². The van der Waals surface area contributed by atoms with Crippen molar-refractivity contribution in [3.63, 3.8) is 0 Å². The first-order chi connectivity index (χ1) is 7.03. The summed E-state index contributed by atoms with van der Waals surface area (Å²) in [5.74, 6) is 0. The topological polar surface area (TPSA) is 64.9 Å². The third-order valence-corrected chi connectivity index (χ3v) is 2.68. The highest BCUT2D eigenvalue weighted by molar-refractivity contribution is 5.74. The van der Waals surface area contributed by atoms with Crippen molar-refractivity contribution >= 4 is 6.03 Å². The molecule has 1 fully saturated rings. The number of amides is 2. The summed E-state index contributed by atoms with van der Waals surface area (Å²) in [5, 5.41) is 14.4. The van der Waals surface area contributed by atoms with E-state index in [1.54, 1.807) is 0 Å². The quantitative estimate of drug-likeness (QED) is 0.744. The molecule has 1 saturated carbocycles. The molecule has 0 spiro atoms. The first-order valence-electron chi connectivity index (χ1n) is 5.49. The van der Waals surface area contributed by atoms with Crippen molar-refractivity contribution in [3.8, 4) is 6.07 Å². The lowest BCUT2D eigenvalue weighted by Gasteiger charge is -2.18. The smallest absolute Gasteiger partial charge is 0.315 e. The van der Waals surface area contributed by atoms with Crippen LogP contribution in [0, 0.1) is 16.7 Å². The second-order valence-corrected chi connectivity index (χ2v) is 4.80. The molecular weight excluding hydrogens is 190 g/mol. The molecule has 2 N–H and O–H groups in total. The maximum Gasteiger partial charge on any atom is 0.315 e. The summed E-state index contributed by atoms with van der Waals surface area (Å²) in [4.78, 5) is 11.4. The average molecular weight is 209 g/mol. The Bertz CT molecular complexity index is 261. The standard InChI is InChI=1S/C11H19N3O/c1-11(2,7-12)8-13-10(15)14-9-5-3-4-6-9/h9H,3-6,8H2,1-2H3,(H2,13,14,15). The van der Waals surface area contributed by atoms with Crippen LogP contribution in [0.1, 0.15) is 39.5 Å². The van der Waals surface area contributed by atoms with Crippen LogP contribution >= 0.6 is 0 Å². The highest BCUT2D eigenvalue weighted by atomic mass is 16.2. The maximum absolute atomic E-state index is 11.4. The lowest BCUT2D eigenvalue weighted by atomic mass is 9.96. The molecule has 1 aliphatic carbocycles. The minimum absolute atomic E-state index is 0.148. The molecule has 0 bridgehead atoms. The fourth-order valence-corrected chi connectivity index (χ4v) is 1.65. The first-order valence-corrected chi connectivity index (χ1v) is 5.49. The molecule has 15 heavy (non-hydrogen) atoms. The van der Waals surface area contributed by atoms with Gasteiger partial charge in [-0.1, -0.05) is 12.8 Å². The molecule has 0 saturated heterocycles. The van der Waals surface area contributed by atoms with Gasteiger partial charge >= 0.3 is 6.03 Å². The zero-order valence-electron chi connectivity index (χ0n) is 9.47. The van der Waals surface area contributed by atoms with E-state index in [4.69, 9.17) is 5.26 Å². The number of hydrogen-bond donors (Lipinski definition) is 2. The number of nitriles is 1. The van der Waals surface area contributed by atoms with Gasteiger partial charge in [0.15, 0.2) is 0 Å². The molecule has 0 heterocycles. The molecular formula is C11H19N3O. The largest absolute Gasteiger partial charge is 0.337 e. The molecule has 84 valence electrons. The Balaban J connectivity index is 2.22. The lowest BCUT2D eigenvalue weighted by molar-refractivity contribution is 0.234. The summed E-state index contributed by atoms with van der Waals surface area (Å²) in [6, 6.07) is 2.33. The van der Waals surface area contributed by atoms with E-state index >= 15 is 0 Å². The first kappa shape index (κ1) is 11.8. The van der Waals surface area contributed by atoms with Crippen molar-refractivity contribution < 1.29 is 4.79 Å². The number of rotatable bonds is 3. The zero-order valence-corrected chi connectivity index (χ0v) is 9.47. The summed E-state index contributed by atoms with van der Waals surface area (Å²) >= 11 is 0. The number of nitrogens with one attached hydrogen (secondary N) is 2. The molecule has 0 aromatic heterocycles. The minimum Gasteiger partial charge on any atom is -0.337 e. The maximum atomic E-state index is 11.4. The predicted molar refractivity (Wildman–Crippen MR) is 58.2 cm³/mol. The van der Waals surface area contributed by atoms with Gasteiger partial charge in [0.25, 0.3) is 0 Å². The summed E-state index contributed by atoms with van der Waals surface area (Å²) in [6.45, 7) is 4.01. The summed E-state index contributed by atoms with van der Waals surface area (Å²) < 4.78 is 0. The van der Waals surface area contributed by atoms with E-state index in [0.29, 0.717) is 12.6 Å². The monoisotopic (exact) mass is 209 g/mol. The lowest BCUT2D eigenvalue weighted by Crippen LogP contribution is -2.44. The van der Waals surface area contributed by atoms with E-state index in [9.17, 15) is 4.79 Å². The van der Waals surface area contributed by atoms with Crippen LogP contribution in [0.3, 0.4) is 0 Å². The van der Waals surface area contributed by atoms with Gasteiger partial charge < -0.3 is 10.6 Å². The molecule has 1 aliphatic rings. The number of nitrogens with zero attached hydrogens (tertiary/aromatic N) is 1. The Kier molecular flexibility index (Phi) is 3.96. The number of urea groups is 1. The Hall–Kier alpha value is -1.24. The van der Waals surface area contributed by atoms with E-state index < -0.39 is 5.41 Å². The molecule has 0 aromatic carbocycles. The van der Waals surface area contributed by atoms with Crippen LogP contribution in [0.25, 0.3) is 0 Å². The molecule has 4 nitrogen and oxygen atoms in total. The van der Waals surface area contributed by atoms with Crippen molar-refractivity contribution in [3.05, 3.63) is 0 Å². The fourth-order valence-electron chi connectivity index (χ4n) is 1.65. The third kappa shape index (κ3) is 4.20. The van der Waals surface area contributed by atoms with Crippen LogP contribution in [0.5, 0.6) is 0 Å². The molecule has 1 rings (SSSR count). The highest BCUT2D eigenvalue weighted by Gasteiger charge is 2.20. The molecule has 0 atom stereocenters. The SMILES string of the molecule is CC(C)(C#N)CNC(=O)NC1CCCC1. The molecule has 2 amide bonds. The Labute approximate surface area is 91.0 Å². The number of carbonyl (C=O) groups excluding carboxylic acids is 1. The normalized spacial score (nSPS) is 17.1. The Morgan fingerprint density at radius 3 is 2.60 bits per heavy atom. The van der Waals surface area contributed by atoms with Crippen LogP contribution in [-0.2, 0) is 0 Å². The van der Waals surface area contributed by atoms with Gasteiger partial charge in [-0.3, -0.25) is 0 Å². The molecule has 0 unspecified atom stereocenters. The second-order valence-electron chi connectivity index (χ2n) is 4.80. The van der Waals surface area contributed by atoms with Crippen LogP contribution in [-0.4, -0.2) is 18.6 Å². The molecule has 0 aliphatic heterocycles. The van der Waals surface area contributed by atoms with Crippen LogP contribution in [0.15, 0.2) is 0 Å². The average Bonchev–Trinajstić information content (AvgIpc) is 2.68. The summed E-state index contributed by atoms with van der Waals surface area (Å²) in [7, 11) is 0. The molecule has 4 heteroatoms. The number of hydrogen-bond acceptors (Lipinski definition) is 2. The third-order valence-electron chi connectivity index (χ3n) is 2.68. The summed E-state index contributed by atoms with van der Waals surface area (Å²) in [6.07, 6.45) is 4.56. The summed E-state index contributed by atoms with van der Waals surface area (Å²) in [5.41, 5.74) is -0.493. The fraction of sp³-hybridized carbons (Fsp3) is 0.818. The Morgan fingerprint density at radius 2 is 2.07 bits per heavy atom. The van der Waals surface area contributed by atoms with Gasteiger partial charge in [-0.2, -0.15) is 5.26 Å². The van der Waals surface area contributed by atoms with Crippen molar-refractivity contribution in [1.82, 2.24) is 10.6 Å². The van der Waals surface area contributed by atoms with E-state index in [-0.39, 0.29) is 6.03 Å². The van der Waals surface area contributed by atoms with Crippen molar-refractivity contribution in [2.75, 3.05) is 6.54 Å². The van der Waals surface area contributed by atoms with Gasteiger partial charge in [-0.15, -0.1) is 0 Å². The van der Waals surface area contributed by atoms with E-state index in [1.165, 1.54) is 12.8 Å². The van der Waals surface area contributed by atoms with Crippen molar-refractivity contribution in [2.45, 2.75) is 45.6 Å². The van der Waals surface area contributed by atoms with Gasteiger partial charge in [0.1, 0.15) is 0 Å². The molecule has 0 aromatic rings. The predicted octanol–water partition coefficient (Wildman–Crippen LogP) is 1.78. The van der Waals surface area contributed by atoms with Crippen LogP contribution < -0.4 is 10.6 Å². The van der Waals surface area contributed by atoms with Gasteiger partial charge in [-0.25, -0.2) is 4.79 Å². The van der Waals surface area contributed by atoms with Gasteiger partial charge in [-0.05, 0) is 26.7 Å². The van der Waals surface area contributed by atoms with Gasteiger partial charge in [0, 0.05) is 12.6 Å². The van der Waals surface area contributed by atoms with E-state index in [2.05, 4.69) is 16.7 Å². The molecule has 0 radical (unpaired) electrons. The number of carbonyl (C=O) groups is 1. The van der Waals surface area contributed by atoms with Crippen LogP contribution in [0.2, 0.25) is 0 Å². The Morgan fingerprint density at radius 1 is 1.47 bits per heavy atom. The van der Waals surface area contributed by atoms with Crippen molar-refractivity contribution in [2.24, 2.45) is 5.41 Å².